The number of halogens is 1. The first-order chi connectivity index (χ1) is 16.4. The van der Waals surface area contributed by atoms with Gasteiger partial charge < -0.3 is 24.8 Å². The molecular weight excluding hydrogens is 480 g/mol. The minimum Gasteiger partial charge on any atom is -0.494 e. The predicted octanol–water partition coefficient (Wildman–Crippen LogP) is 2.17. The molecule has 0 spiro atoms. The molecule has 3 N–H and O–H groups in total. The molecule has 2 aromatic carbocycles. The molecule has 0 bridgehead atoms. The highest BCUT2D eigenvalue weighted by molar-refractivity contribution is 7.99. The zero-order valence-corrected chi connectivity index (χ0v) is 20.4. The average molecular weight is 507 g/mol. The highest BCUT2D eigenvalue weighted by atomic mass is 35.5. The van der Waals surface area contributed by atoms with Gasteiger partial charge in [-0.15, -0.1) is 5.10 Å². The van der Waals surface area contributed by atoms with Crippen LogP contribution in [0.1, 0.15) is 29.7 Å². The summed E-state index contributed by atoms with van der Waals surface area (Å²) >= 11 is 7.76. The van der Waals surface area contributed by atoms with Crippen molar-refractivity contribution in [2.75, 3.05) is 12.4 Å². The maximum absolute atomic E-state index is 10.7. The topological polar surface area (TPSA) is 123 Å². The number of benzene rings is 2. The van der Waals surface area contributed by atoms with Crippen LogP contribution >= 0.6 is 23.4 Å². The van der Waals surface area contributed by atoms with Crippen molar-refractivity contribution in [3.8, 4) is 5.75 Å². The third-order valence-corrected chi connectivity index (χ3v) is 7.17. The van der Waals surface area contributed by atoms with E-state index >= 15 is 0 Å². The largest absolute Gasteiger partial charge is 0.494 e. The lowest BCUT2D eigenvalue weighted by Crippen LogP contribution is -2.54. The second kappa shape index (κ2) is 11.0. The van der Waals surface area contributed by atoms with Gasteiger partial charge in [-0.2, -0.15) is 0 Å². The van der Waals surface area contributed by atoms with Crippen LogP contribution in [0.5, 0.6) is 5.75 Å². The van der Waals surface area contributed by atoms with E-state index < -0.39 is 30.5 Å². The smallest absolute Gasteiger partial charge is 0.209 e. The summed E-state index contributed by atoms with van der Waals surface area (Å²) in [7, 11) is 1.71. The minimum atomic E-state index is -1.37. The van der Waals surface area contributed by atoms with Crippen molar-refractivity contribution in [2.45, 2.75) is 49.0 Å². The van der Waals surface area contributed by atoms with Crippen LogP contribution in [-0.2, 0) is 18.2 Å². The molecule has 0 radical (unpaired) electrons. The van der Waals surface area contributed by atoms with E-state index in [2.05, 4.69) is 15.5 Å². The van der Waals surface area contributed by atoms with Crippen molar-refractivity contribution in [3.05, 3.63) is 64.2 Å². The first-order valence-corrected chi connectivity index (χ1v) is 12.3. The molecule has 0 amide bonds. The Balaban J connectivity index is 1.51. The molecule has 4 rings (SSSR count). The van der Waals surface area contributed by atoms with Gasteiger partial charge in [0.25, 0.3) is 0 Å². The van der Waals surface area contributed by atoms with Crippen LogP contribution in [-0.4, -0.2) is 72.3 Å². The van der Waals surface area contributed by atoms with Crippen molar-refractivity contribution in [1.82, 2.24) is 20.2 Å². The summed E-state index contributed by atoms with van der Waals surface area (Å²) in [5, 5.41) is 44.1. The Morgan fingerprint density at radius 2 is 1.85 bits per heavy atom. The first kappa shape index (κ1) is 24.9. The highest BCUT2D eigenvalue weighted by Crippen LogP contribution is 2.36. The first-order valence-electron chi connectivity index (χ1n) is 10.9. The third kappa shape index (κ3) is 5.54. The fraction of sp³-hybridized carbons (Fsp3) is 0.435. The summed E-state index contributed by atoms with van der Waals surface area (Å²) < 4.78 is 13.1. The van der Waals surface area contributed by atoms with Crippen molar-refractivity contribution in [1.29, 1.82) is 0 Å². The lowest BCUT2D eigenvalue weighted by molar-refractivity contribution is -0.218. The monoisotopic (exact) mass is 506 g/mol. The number of nitrogens with zero attached hydrogens (tertiary/aromatic N) is 4. The number of tetrazole rings is 1. The summed E-state index contributed by atoms with van der Waals surface area (Å²) in [5.41, 5.74) is 2.57. The zero-order chi connectivity index (χ0) is 24.2. The van der Waals surface area contributed by atoms with Crippen LogP contribution in [0.2, 0.25) is 5.02 Å². The van der Waals surface area contributed by atoms with Crippen LogP contribution in [0, 0.1) is 0 Å². The average Bonchev–Trinajstić information content (AvgIpc) is 3.25. The Kier molecular flexibility index (Phi) is 8.07. The van der Waals surface area contributed by atoms with Crippen LogP contribution < -0.4 is 4.74 Å². The second-order valence-electron chi connectivity index (χ2n) is 8.07. The Labute approximate surface area is 206 Å². The standard InChI is InChI=1S/C23H27ClN4O5S/c1-3-32-16-7-4-13(5-8-16)10-15-11-14(6-9-17(15)24)22-21(31)20(30)19(29)18(33-22)12-34-23-25-26-27-28(23)2/h4-9,11,18-22,29-31H,3,10,12H2,1-2H3/t18-,19-,20+,21-,22+/m1/s1. The van der Waals surface area contributed by atoms with Gasteiger partial charge in [-0.3, -0.25) is 0 Å². The van der Waals surface area contributed by atoms with E-state index in [0.717, 1.165) is 16.9 Å². The summed E-state index contributed by atoms with van der Waals surface area (Å²) in [6, 6.07) is 13.2. The minimum absolute atomic E-state index is 0.294. The van der Waals surface area contributed by atoms with E-state index in [0.29, 0.717) is 34.5 Å². The Morgan fingerprint density at radius 1 is 1.09 bits per heavy atom. The number of aliphatic hydroxyl groups is 3. The molecule has 0 aliphatic carbocycles. The van der Waals surface area contributed by atoms with Gasteiger partial charge in [0.1, 0.15) is 30.2 Å². The number of hydrogen-bond donors (Lipinski definition) is 3. The fourth-order valence-corrected chi connectivity index (χ4v) is 4.95. The zero-order valence-electron chi connectivity index (χ0n) is 18.8. The van der Waals surface area contributed by atoms with Crippen molar-refractivity contribution < 1.29 is 24.8 Å². The molecule has 5 atom stereocenters. The molecule has 3 aromatic rings. The highest BCUT2D eigenvalue weighted by Gasteiger charge is 2.44. The number of rotatable bonds is 8. The predicted molar refractivity (Wildman–Crippen MR) is 127 cm³/mol. The van der Waals surface area contributed by atoms with E-state index in [1.54, 1.807) is 19.2 Å². The Bertz CT molecular complexity index is 1100. The van der Waals surface area contributed by atoms with Crippen LogP contribution in [0.25, 0.3) is 0 Å². The van der Waals surface area contributed by atoms with Crippen molar-refractivity contribution in [3.63, 3.8) is 0 Å². The lowest BCUT2D eigenvalue weighted by atomic mass is 9.90. The molecular formula is C23H27ClN4O5S. The molecule has 1 fully saturated rings. The molecule has 9 nitrogen and oxygen atoms in total. The van der Waals surface area contributed by atoms with Gasteiger partial charge in [0, 0.05) is 17.8 Å². The molecule has 34 heavy (non-hydrogen) atoms. The molecule has 1 aromatic heterocycles. The van der Waals surface area contributed by atoms with E-state index in [1.165, 1.54) is 16.4 Å². The van der Waals surface area contributed by atoms with Gasteiger partial charge in [0.2, 0.25) is 5.16 Å². The SMILES string of the molecule is CCOc1ccc(Cc2cc([C@@H]3O[C@H](CSc4nnnn4C)[C@@H](O)[C@H](O)[C@H]3O)ccc2Cl)cc1. The number of aryl methyl sites for hydroxylation is 1. The summed E-state index contributed by atoms with van der Waals surface area (Å²) in [4.78, 5) is 0. The van der Waals surface area contributed by atoms with Crippen LogP contribution in [0.15, 0.2) is 47.6 Å². The van der Waals surface area contributed by atoms with Gasteiger partial charge in [0.15, 0.2) is 0 Å². The number of ether oxygens (including phenoxy) is 2. The number of thioether (sulfide) groups is 1. The van der Waals surface area contributed by atoms with Crippen LogP contribution in [0.4, 0.5) is 0 Å². The van der Waals surface area contributed by atoms with Gasteiger partial charge in [-0.05, 0) is 58.7 Å². The summed E-state index contributed by atoms with van der Waals surface area (Å²) in [6.45, 7) is 2.54. The maximum atomic E-state index is 10.7. The molecule has 182 valence electrons. The van der Waals surface area contributed by atoms with Crippen molar-refractivity contribution in [2.24, 2.45) is 7.05 Å². The molecule has 1 saturated heterocycles. The quantitative estimate of drug-likeness (QED) is 0.394. The van der Waals surface area contributed by atoms with E-state index in [9.17, 15) is 15.3 Å². The molecule has 2 heterocycles. The fourth-order valence-electron chi connectivity index (χ4n) is 3.86. The maximum Gasteiger partial charge on any atom is 0.209 e. The van der Waals surface area contributed by atoms with Gasteiger partial charge in [-0.1, -0.05) is 47.6 Å². The van der Waals surface area contributed by atoms with Gasteiger partial charge in [0.05, 0.1) is 12.7 Å². The van der Waals surface area contributed by atoms with E-state index in [4.69, 9.17) is 21.1 Å². The van der Waals surface area contributed by atoms with Crippen molar-refractivity contribution >= 4 is 23.4 Å². The third-order valence-electron chi connectivity index (χ3n) is 5.70. The molecule has 0 saturated carbocycles. The van der Waals surface area contributed by atoms with E-state index in [-0.39, 0.29) is 0 Å². The van der Waals surface area contributed by atoms with E-state index in [1.807, 2.05) is 37.3 Å². The van der Waals surface area contributed by atoms with Gasteiger partial charge in [-0.25, -0.2) is 4.68 Å². The number of aliphatic hydroxyl groups excluding tert-OH is 3. The molecule has 1 aliphatic heterocycles. The number of hydrogen-bond acceptors (Lipinski definition) is 9. The molecule has 1 aliphatic rings. The molecule has 11 heteroatoms. The molecule has 0 unspecified atom stereocenters. The summed E-state index contributed by atoms with van der Waals surface area (Å²) in [6.07, 6.45) is -4.92. The normalized spacial score (nSPS) is 24.8. The van der Waals surface area contributed by atoms with Gasteiger partial charge >= 0.3 is 0 Å². The van der Waals surface area contributed by atoms with Crippen LogP contribution in [0.3, 0.4) is 0 Å². The second-order valence-corrected chi connectivity index (χ2v) is 9.46. The summed E-state index contributed by atoms with van der Waals surface area (Å²) in [5.74, 6) is 1.10. The Morgan fingerprint density at radius 3 is 2.53 bits per heavy atom. The Hall–Kier alpha value is -2.21. The lowest BCUT2D eigenvalue weighted by Gasteiger charge is -2.41. The number of aromatic nitrogens is 4.